The quantitative estimate of drug-likeness (QED) is 0.736. The third kappa shape index (κ3) is 2.65. The fraction of sp³-hybridized carbons (Fsp3) is 0.467. The van der Waals surface area contributed by atoms with Crippen molar-refractivity contribution in [3.05, 3.63) is 29.8 Å². The molecule has 2 unspecified atom stereocenters. The van der Waals surface area contributed by atoms with E-state index in [0.717, 1.165) is 12.1 Å². The number of carbonyl (C=O) groups excluding carboxylic acids is 2. The number of rotatable bonds is 3. The van der Waals surface area contributed by atoms with E-state index in [2.05, 4.69) is 0 Å². The summed E-state index contributed by atoms with van der Waals surface area (Å²) < 4.78 is 25.1. The van der Waals surface area contributed by atoms with Crippen molar-refractivity contribution >= 4 is 52.3 Å². The lowest BCUT2D eigenvalue weighted by molar-refractivity contribution is -0.137. The van der Waals surface area contributed by atoms with Gasteiger partial charge in [0.15, 0.2) is 16.5 Å². The molecule has 1 aromatic carbocycles. The molecule has 2 fully saturated rings. The van der Waals surface area contributed by atoms with E-state index < -0.39 is 38.7 Å². The van der Waals surface area contributed by atoms with E-state index in [-0.39, 0.29) is 18.7 Å². The van der Waals surface area contributed by atoms with Gasteiger partial charge < -0.3 is 9.80 Å². The van der Waals surface area contributed by atoms with Crippen LogP contribution in [0, 0.1) is 11.6 Å². The average Bonchev–Trinajstić information content (AvgIpc) is 2.85. The number of benzene rings is 1. The first-order chi connectivity index (χ1) is 11.1. The highest BCUT2D eigenvalue weighted by atomic mass is 35.5. The zero-order valence-corrected chi connectivity index (χ0v) is 14.8. The zero-order chi connectivity index (χ0) is 17.9. The highest BCUT2D eigenvalue weighted by Crippen LogP contribution is 2.62. The molecule has 0 bridgehead atoms. The number of hydrogen-bond acceptors (Lipinski definition) is 2. The molecule has 9 heteroatoms. The van der Waals surface area contributed by atoms with Crippen molar-refractivity contribution in [1.29, 1.82) is 0 Å². The lowest BCUT2D eigenvalue weighted by Gasteiger charge is -2.26. The van der Waals surface area contributed by atoms with Crippen molar-refractivity contribution in [2.24, 2.45) is 0 Å². The van der Waals surface area contributed by atoms with E-state index in [1.165, 1.54) is 22.9 Å². The van der Waals surface area contributed by atoms with Crippen LogP contribution >= 0.6 is 34.8 Å². The van der Waals surface area contributed by atoms with Crippen LogP contribution in [0.25, 0.3) is 0 Å². The fourth-order valence-corrected chi connectivity index (χ4v) is 3.88. The molecule has 1 saturated carbocycles. The number of amides is 2. The monoisotopic (exact) mass is 396 g/mol. The van der Waals surface area contributed by atoms with E-state index in [9.17, 15) is 18.4 Å². The molecular weight excluding hydrogens is 385 g/mol. The summed E-state index contributed by atoms with van der Waals surface area (Å²) in [6.45, 7) is 0.272. The Labute approximate surface area is 152 Å². The molecule has 0 spiro atoms. The van der Waals surface area contributed by atoms with Gasteiger partial charge in [-0.3, -0.25) is 9.59 Å². The highest BCUT2D eigenvalue weighted by molar-refractivity contribution is 6.62. The zero-order valence-electron chi connectivity index (χ0n) is 12.5. The number of anilines is 1. The summed E-state index contributed by atoms with van der Waals surface area (Å²) in [6.07, 6.45) is 0.437. The summed E-state index contributed by atoms with van der Waals surface area (Å²) in [5, 5.41) is 0. The molecule has 1 saturated heterocycles. The van der Waals surface area contributed by atoms with E-state index in [0.29, 0.717) is 6.42 Å². The number of likely N-dealkylation sites (N-methyl/N-ethyl adjacent to an activating group) is 1. The van der Waals surface area contributed by atoms with Gasteiger partial charge in [0.25, 0.3) is 0 Å². The summed E-state index contributed by atoms with van der Waals surface area (Å²) in [4.78, 5) is 26.1. The van der Waals surface area contributed by atoms with Gasteiger partial charge in [0.1, 0.15) is 10.4 Å². The van der Waals surface area contributed by atoms with Crippen LogP contribution in [0.5, 0.6) is 0 Å². The van der Waals surface area contributed by atoms with Crippen LogP contribution in [0.4, 0.5) is 14.5 Å². The van der Waals surface area contributed by atoms with Gasteiger partial charge in [-0.25, -0.2) is 8.78 Å². The fourth-order valence-electron chi connectivity index (χ4n) is 2.85. The van der Waals surface area contributed by atoms with Gasteiger partial charge in [-0.1, -0.05) is 23.2 Å². The molecule has 2 atom stereocenters. The van der Waals surface area contributed by atoms with Gasteiger partial charge in [0.2, 0.25) is 11.8 Å². The van der Waals surface area contributed by atoms with Gasteiger partial charge in [-0.2, -0.15) is 0 Å². The van der Waals surface area contributed by atoms with E-state index in [1.54, 1.807) is 0 Å². The molecule has 1 heterocycles. The van der Waals surface area contributed by atoms with Crippen LogP contribution < -0.4 is 4.90 Å². The molecule has 0 radical (unpaired) electrons. The standard InChI is InChI=1S/C15H13Cl3F2N2O2/c1-21(13(24)14(16)7-15(14,17)18)11-4-5-22(12(11)23)8-2-3-9(19)10(20)6-8/h2-3,6,11H,4-5,7H2,1H3. The SMILES string of the molecule is CN(C(=O)C1(Cl)CC1(Cl)Cl)C1CCN(c2ccc(F)c(F)c2)C1=O. The minimum atomic E-state index is -1.43. The number of alkyl halides is 3. The summed E-state index contributed by atoms with van der Waals surface area (Å²) in [5.41, 5.74) is 0.235. The number of hydrogen-bond donors (Lipinski definition) is 0. The van der Waals surface area contributed by atoms with Crippen LogP contribution in [0.3, 0.4) is 0 Å². The third-order valence-electron chi connectivity index (χ3n) is 4.44. The van der Waals surface area contributed by atoms with E-state index in [1.807, 2.05) is 0 Å². The maximum absolute atomic E-state index is 13.4. The summed E-state index contributed by atoms with van der Waals surface area (Å²) in [7, 11) is 1.45. The lowest BCUT2D eigenvalue weighted by Crippen LogP contribution is -2.47. The maximum Gasteiger partial charge on any atom is 0.249 e. The molecular formula is C15H13Cl3F2N2O2. The molecule has 2 amide bonds. The molecule has 1 aromatic rings. The molecule has 2 aliphatic rings. The topological polar surface area (TPSA) is 40.6 Å². The van der Waals surface area contributed by atoms with Crippen molar-refractivity contribution in [3.63, 3.8) is 0 Å². The van der Waals surface area contributed by atoms with Gasteiger partial charge in [-0.15, -0.1) is 11.6 Å². The molecule has 1 aliphatic carbocycles. The van der Waals surface area contributed by atoms with E-state index in [4.69, 9.17) is 34.8 Å². The first kappa shape index (κ1) is 17.7. The number of nitrogens with zero attached hydrogens (tertiary/aromatic N) is 2. The predicted octanol–water partition coefficient (Wildman–Crippen LogP) is 3.08. The lowest BCUT2D eigenvalue weighted by atomic mass is 10.2. The molecule has 24 heavy (non-hydrogen) atoms. The number of carbonyl (C=O) groups is 2. The first-order valence-electron chi connectivity index (χ1n) is 7.19. The molecule has 3 rings (SSSR count). The van der Waals surface area contributed by atoms with Gasteiger partial charge >= 0.3 is 0 Å². The largest absolute Gasteiger partial charge is 0.332 e. The predicted molar refractivity (Wildman–Crippen MR) is 87.5 cm³/mol. The second-order valence-corrected chi connectivity index (χ2v) is 8.12. The van der Waals surface area contributed by atoms with Crippen LogP contribution in [-0.4, -0.2) is 45.6 Å². The molecule has 0 aromatic heterocycles. The minimum absolute atomic E-state index is 0.0988. The van der Waals surface area contributed by atoms with E-state index >= 15 is 0 Å². The summed E-state index contributed by atoms with van der Waals surface area (Å²) in [5.74, 6) is -2.96. The summed E-state index contributed by atoms with van der Waals surface area (Å²) in [6, 6.07) is 2.45. The molecule has 130 valence electrons. The van der Waals surface area contributed by atoms with Crippen molar-refractivity contribution in [2.75, 3.05) is 18.5 Å². The second kappa shape index (κ2) is 5.71. The Balaban J connectivity index is 1.76. The Morgan fingerprint density at radius 3 is 2.46 bits per heavy atom. The average molecular weight is 398 g/mol. The Morgan fingerprint density at radius 1 is 1.29 bits per heavy atom. The van der Waals surface area contributed by atoms with Gasteiger partial charge in [0, 0.05) is 31.8 Å². The minimum Gasteiger partial charge on any atom is -0.332 e. The van der Waals surface area contributed by atoms with Crippen LogP contribution in [0.2, 0.25) is 0 Å². The van der Waals surface area contributed by atoms with Crippen molar-refractivity contribution in [3.8, 4) is 0 Å². The Bertz CT molecular complexity index is 731. The Kier molecular flexibility index (Phi) is 4.21. The number of halogens is 5. The van der Waals surface area contributed by atoms with Crippen molar-refractivity contribution in [2.45, 2.75) is 28.1 Å². The first-order valence-corrected chi connectivity index (χ1v) is 8.32. The summed E-state index contributed by atoms with van der Waals surface area (Å²) >= 11 is 17.9. The van der Waals surface area contributed by atoms with Crippen LogP contribution in [0.1, 0.15) is 12.8 Å². The van der Waals surface area contributed by atoms with Gasteiger partial charge in [-0.05, 0) is 18.6 Å². The normalized spacial score (nSPS) is 28.2. The van der Waals surface area contributed by atoms with Crippen molar-refractivity contribution < 1.29 is 18.4 Å². The third-order valence-corrected chi connectivity index (χ3v) is 6.16. The molecule has 4 nitrogen and oxygen atoms in total. The maximum atomic E-state index is 13.4. The smallest absolute Gasteiger partial charge is 0.249 e. The Hall–Kier alpha value is -1.11. The van der Waals surface area contributed by atoms with Gasteiger partial charge in [0.05, 0.1) is 0 Å². The van der Waals surface area contributed by atoms with Crippen molar-refractivity contribution in [1.82, 2.24) is 4.90 Å². The molecule has 0 N–H and O–H groups in total. The molecule has 1 aliphatic heterocycles. The highest BCUT2D eigenvalue weighted by Gasteiger charge is 2.72. The second-order valence-electron chi connectivity index (χ2n) is 5.99. The van der Waals surface area contributed by atoms with Crippen LogP contribution in [-0.2, 0) is 9.59 Å². The Morgan fingerprint density at radius 2 is 1.92 bits per heavy atom. The van der Waals surface area contributed by atoms with Crippen LogP contribution in [0.15, 0.2) is 18.2 Å².